The van der Waals surface area contributed by atoms with Crippen LogP contribution in [0.25, 0.3) is 5.69 Å². The van der Waals surface area contributed by atoms with Crippen LogP contribution in [0.5, 0.6) is 0 Å². The van der Waals surface area contributed by atoms with E-state index in [9.17, 15) is 8.42 Å². The Hall–Kier alpha value is -2.59. The molecule has 1 N–H and O–H groups in total. The van der Waals surface area contributed by atoms with Gasteiger partial charge in [0.1, 0.15) is 4.90 Å². The van der Waals surface area contributed by atoms with Crippen LogP contribution in [0, 0.1) is 0 Å². The molecule has 0 atom stereocenters. The summed E-state index contributed by atoms with van der Waals surface area (Å²) < 4.78 is 29.6. The first-order chi connectivity index (χ1) is 10.5. The number of pyridine rings is 1. The van der Waals surface area contributed by atoms with Crippen molar-refractivity contribution in [1.29, 1.82) is 0 Å². The molecule has 0 bridgehead atoms. The molecule has 0 aliphatic heterocycles. The summed E-state index contributed by atoms with van der Waals surface area (Å²) in [6.07, 6.45) is 7.65. The Morgan fingerprint density at radius 1 is 1.23 bits per heavy atom. The van der Waals surface area contributed by atoms with Crippen molar-refractivity contribution in [1.82, 2.24) is 34.5 Å². The van der Waals surface area contributed by atoms with Gasteiger partial charge >= 0.3 is 0 Å². The first kappa shape index (κ1) is 14.4. The fraction of sp³-hybridized carbons (Fsp3) is 0.167. The highest BCUT2D eigenvalue weighted by Crippen LogP contribution is 2.08. The molecule has 22 heavy (non-hydrogen) atoms. The monoisotopic (exact) mass is 319 g/mol. The van der Waals surface area contributed by atoms with Gasteiger partial charge in [-0.05, 0) is 12.1 Å². The Labute approximate surface area is 126 Å². The molecule has 0 unspecified atom stereocenters. The summed E-state index contributed by atoms with van der Waals surface area (Å²) in [5.74, 6) is 0. The van der Waals surface area contributed by atoms with E-state index >= 15 is 0 Å². The van der Waals surface area contributed by atoms with Gasteiger partial charge in [0, 0.05) is 25.6 Å². The van der Waals surface area contributed by atoms with Gasteiger partial charge in [-0.25, -0.2) is 17.8 Å². The molecule has 114 valence electrons. The topological polar surface area (TPSA) is 108 Å². The molecule has 0 amide bonds. The van der Waals surface area contributed by atoms with Crippen LogP contribution in [-0.2, 0) is 23.6 Å². The van der Waals surface area contributed by atoms with Gasteiger partial charge < -0.3 is 0 Å². The molecule has 9 nitrogen and oxygen atoms in total. The minimum Gasteiger partial charge on any atom is -0.274 e. The molecule has 0 spiro atoms. The molecule has 0 fully saturated rings. The maximum Gasteiger partial charge on any atom is 0.244 e. The molecular weight excluding hydrogens is 306 g/mol. The molecule has 0 saturated heterocycles. The zero-order valence-corrected chi connectivity index (χ0v) is 12.5. The van der Waals surface area contributed by atoms with Gasteiger partial charge in [0.15, 0.2) is 0 Å². The van der Waals surface area contributed by atoms with Gasteiger partial charge in [-0.1, -0.05) is 5.21 Å². The third-order valence-electron chi connectivity index (χ3n) is 2.90. The fourth-order valence-corrected chi connectivity index (χ4v) is 2.77. The third-order valence-corrected chi connectivity index (χ3v) is 4.26. The predicted molar refractivity (Wildman–Crippen MR) is 76.4 cm³/mol. The smallest absolute Gasteiger partial charge is 0.244 e. The standard InChI is InChI=1S/C12H13N7O2S/c1-18-9-12(7-14-18)22(20,21)15-6-10-8-19(17-16-10)11-2-4-13-5-3-11/h2-5,7-9,15H,6H2,1H3. The van der Waals surface area contributed by atoms with Gasteiger partial charge in [-0.15, -0.1) is 5.10 Å². The molecule has 3 rings (SSSR count). The highest BCUT2D eigenvalue weighted by Gasteiger charge is 2.16. The number of aromatic nitrogens is 6. The van der Waals surface area contributed by atoms with E-state index in [1.807, 2.05) is 0 Å². The van der Waals surface area contributed by atoms with E-state index in [1.54, 1.807) is 42.5 Å². The van der Waals surface area contributed by atoms with Crippen LogP contribution in [0.15, 0.2) is 48.0 Å². The SMILES string of the molecule is Cn1cc(S(=O)(=O)NCc2cn(-c3ccncc3)nn2)cn1. The van der Waals surface area contributed by atoms with E-state index in [2.05, 4.69) is 25.1 Å². The first-order valence-electron chi connectivity index (χ1n) is 6.34. The highest BCUT2D eigenvalue weighted by molar-refractivity contribution is 7.89. The minimum absolute atomic E-state index is 0.0440. The van der Waals surface area contributed by atoms with Crippen LogP contribution in [0.4, 0.5) is 0 Å². The van der Waals surface area contributed by atoms with Gasteiger partial charge in [0.2, 0.25) is 10.0 Å². The Kier molecular flexibility index (Phi) is 3.69. The van der Waals surface area contributed by atoms with Gasteiger partial charge in [0.05, 0.1) is 30.3 Å². The lowest BCUT2D eigenvalue weighted by Gasteiger charge is -2.01. The highest BCUT2D eigenvalue weighted by atomic mass is 32.2. The first-order valence-corrected chi connectivity index (χ1v) is 7.83. The lowest BCUT2D eigenvalue weighted by atomic mass is 10.4. The number of aryl methyl sites for hydroxylation is 1. The van der Waals surface area contributed by atoms with Crippen molar-refractivity contribution >= 4 is 10.0 Å². The zero-order valence-electron chi connectivity index (χ0n) is 11.7. The largest absolute Gasteiger partial charge is 0.274 e. The molecule has 3 aromatic heterocycles. The Balaban J connectivity index is 1.71. The Morgan fingerprint density at radius 2 is 2.00 bits per heavy atom. The number of nitrogens with zero attached hydrogens (tertiary/aromatic N) is 6. The normalized spacial score (nSPS) is 11.7. The van der Waals surface area contributed by atoms with Crippen LogP contribution in [0.3, 0.4) is 0 Å². The van der Waals surface area contributed by atoms with Crippen molar-refractivity contribution in [2.45, 2.75) is 11.4 Å². The van der Waals surface area contributed by atoms with Crippen LogP contribution in [0.2, 0.25) is 0 Å². The van der Waals surface area contributed by atoms with Crippen molar-refractivity contribution in [2.24, 2.45) is 7.05 Å². The molecule has 0 saturated carbocycles. The van der Waals surface area contributed by atoms with E-state index in [0.717, 1.165) is 5.69 Å². The quantitative estimate of drug-likeness (QED) is 0.702. The summed E-state index contributed by atoms with van der Waals surface area (Å²) in [6.45, 7) is 0.0440. The van der Waals surface area contributed by atoms with Crippen LogP contribution in [-0.4, -0.2) is 38.2 Å². The maximum atomic E-state index is 12.1. The molecule has 0 aliphatic rings. The number of hydrogen-bond acceptors (Lipinski definition) is 6. The summed E-state index contributed by atoms with van der Waals surface area (Å²) in [4.78, 5) is 4.03. The summed E-state index contributed by atoms with van der Waals surface area (Å²) in [7, 11) is -1.96. The number of hydrogen-bond donors (Lipinski definition) is 1. The van der Waals surface area contributed by atoms with E-state index in [-0.39, 0.29) is 11.4 Å². The summed E-state index contributed by atoms with van der Waals surface area (Å²) in [5.41, 5.74) is 1.30. The van der Waals surface area contributed by atoms with Crippen molar-refractivity contribution < 1.29 is 8.42 Å². The van der Waals surface area contributed by atoms with E-state index in [4.69, 9.17) is 0 Å². The number of nitrogens with one attached hydrogen (secondary N) is 1. The Bertz CT molecular complexity index is 870. The van der Waals surface area contributed by atoms with E-state index in [1.165, 1.54) is 17.1 Å². The molecule has 0 aliphatic carbocycles. The molecule has 0 radical (unpaired) electrons. The number of rotatable bonds is 5. The lowest BCUT2D eigenvalue weighted by molar-refractivity contribution is 0.580. The second kappa shape index (κ2) is 5.66. The van der Waals surface area contributed by atoms with Gasteiger partial charge in [0.25, 0.3) is 0 Å². The van der Waals surface area contributed by atoms with Crippen LogP contribution < -0.4 is 4.72 Å². The van der Waals surface area contributed by atoms with E-state index < -0.39 is 10.0 Å². The molecule has 10 heteroatoms. The summed E-state index contributed by atoms with van der Waals surface area (Å²) >= 11 is 0. The molecule has 3 aromatic rings. The molecule has 0 aromatic carbocycles. The zero-order chi connectivity index (χ0) is 15.6. The average molecular weight is 319 g/mol. The minimum atomic E-state index is -3.61. The summed E-state index contributed by atoms with van der Waals surface area (Å²) in [5, 5.41) is 11.7. The van der Waals surface area contributed by atoms with E-state index in [0.29, 0.717) is 5.69 Å². The average Bonchev–Trinajstić information content (AvgIpc) is 3.15. The predicted octanol–water partition coefficient (Wildman–Crippen LogP) is -0.126. The maximum absolute atomic E-state index is 12.1. The fourth-order valence-electron chi connectivity index (χ4n) is 1.79. The third kappa shape index (κ3) is 3.02. The van der Waals surface area contributed by atoms with Crippen LogP contribution in [0.1, 0.15) is 5.69 Å². The second-order valence-electron chi connectivity index (χ2n) is 4.53. The van der Waals surface area contributed by atoms with Crippen molar-refractivity contribution in [3.05, 3.63) is 48.8 Å². The number of sulfonamides is 1. The lowest BCUT2D eigenvalue weighted by Crippen LogP contribution is -2.23. The Morgan fingerprint density at radius 3 is 2.68 bits per heavy atom. The molecule has 3 heterocycles. The van der Waals surface area contributed by atoms with Crippen LogP contribution >= 0.6 is 0 Å². The van der Waals surface area contributed by atoms with Gasteiger partial charge in [-0.3, -0.25) is 9.67 Å². The molecular formula is C12H13N7O2S. The van der Waals surface area contributed by atoms with Crippen molar-refractivity contribution in [2.75, 3.05) is 0 Å². The summed E-state index contributed by atoms with van der Waals surface area (Å²) in [6, 6.07) is 3.55. The van der Waals surface area contributed by atoms with Gasteiger partial charge in [-0.2, -0.15) is 5.10 Å². The van der Waals surface area contributed by atoms with Crippen molar-refractivity contribution in [3.63, 3.8) is 0 Å². The van der Waals surface area contributed by atoms with Crippen molar-refractivity contribution in [3.8, 4) is 5.69 Å². The second-order valence-corrected chi connectivity index (χ2v) is 6.30.